The highest BCUT2D eigenvalue weighted by molar-refractivity contribution is 7.99. The zero-order chi connectivity index (χ0) is 17.1. The van der Waals surface area contributed by atoms with Crippen LogP contribution in [0.25, 0.3) is 0 Å². The normalized spacial score (nSPS) is 14.0. The maximum absolute atomic E-state index is 5.80. The predicted molar refractivity (Wildman–Crippen MR) is 97.2 cm³/mol. The van der Waals surface area contributed by atoms with Crippen LogP contribution in [0.5, 0.6) is 5.75 Å². The number of furan rings is 1. The summed E-state index contributed by atoms with van der Waals surface area (Å²) in [6.07, 6.45) is 4.12. The number of hydrogen-bond acceptors (Lipinski definition) is 5. The molecule has 0 atom stereocenters. The summed E-state index contributed by atoms with van der Waals surface area (Å²) in [5, 5.41) is 9.74. The first-order chi connectivity index (χ1) is 12.3. The minimum atomic E-state index is 0.556. The molecule has 2 heterocycles. The Morgan fingerprint density at radius 1 is 1.20 bits per heavy atom. The van der Waals surface area contributed by atoms with Crippen molar-refractivity contribution in [1.82, 2.24) is 14.8 Å². The molecule has 1 aliphatic rings. The predicted octanol–water partition coefficient (Wildman–Crippen LogP) is 4.28. The Kier molecular flexibility index (Phi) is 4.78. The van der Waals surface area contributed by atoms with Crippen LogP contribution in [-0.4, -0.2) is 27.1 Å². The Morgan fingerprint density at radius 2 is 2.04 bits per heavy atom. The molecule has 0 spiro atoms. The number of aryl methyl sites for hydroxylation is 1. The highest BCUT2D eigenvalue weighted by atomic mass is 32.2. The summed E-state index contributed by atoms with van der Waals surface area (Å²) in [7, 11) is 0. The molecule has 0 unspecified atom stereocenters. The van der Waals surface area contributed by atoms with Crippen LogP contribution in [0.15, 0.2) is 52.2 Å². The Labute approximate surface area is 151 Å². The van der Waals surface area contributed by atoms with Gasteiger partial charge in [0.25, 0.3) is 0 Å². The van der Waals surface area contributed by atoms with Crippen molar-refractivity contribution in [2.75, 3.05) is 12.4 Å². The molecule has 2 aromatic heterocycles. The fourth-order valence-electron chi connectivity index (χ4n) is 2.68. The molecule has 1 saturated carbocycles. The molecule has 1 aliphatic carbocycles. The molecule has 4 rings (SSSR count). The number of rotatable bonds is 8. The van der Waals surface area contributed by atoms with E-state index in [-0.39, 0.29) is 0 Å². The molecule has 0 amide bonds. The molecule has 3 aromatic rings. The second-order valence-corrected chi connectivity index (χ2v) is 7.35. The molecule has 1 fully saturated rings. The lowest BCUT2D eigenvalue weighted by atomic mass is 10.2. The summed E-state index contributed by atoms with van der Waals surface area (Å²) >= 11 is 1.68. The Morgan fingerprint density at radius 3 is 2.76 bits per heavy atom. The van der Waals surface area contributed by atoms with Crippen LogP contribution >= 0.6 is 11.8 Å². The highest BCUT2D eigenvalue weighted by Gasteiger charge is 2.30. The summed E-state index contributed by atoms with van der Waals surface area (Å²) in [5.41, 5.74) is 1.24. The molecule has 25 heavy (non-hydrogen) atoms. The number of ether oxygens (including phenoxy) is 1. The van der Waals surface area contributed by atoms with E-state index in [0.29, 0.717) is 19.1 Å². The van der Waals surface area contributed by atoms with Crippen molar-refractivity contribution in [3.05, 3.63) is 59.8 Å². The van der Waals surface area contributed by atoms with E-state index >= 15 is 0 Å². The van der Waals surface area contributed by atoms with Crippen LogP contribution in [0, 0.1) is 6.92 Å². The molecular formula is C19H21N3O2S. The third-order valence-electron chi connectivity index (χ3n) is 4.19. The van der Waals surface area contributed by atoms with Crippen LogP contribution < -0.4 is 4.74 Å². The molecular weight excluding hydrogens is 334 g/mol. The van der Waals surface area contributed by atoms with E-state index in [9.17, 15) is 0 Å². The van der Waals surface area contributed by atoms with Gasteiger partial charge in [0.15, 0.2) is 5.16 Å². The van der Waals surface area contributed by atoms with Gasteiger partial charge in [-0.2, -0.15) is 0 Å². The standard InChI is InChI=1S/C19H21N3O2S/c1-14-4-8-16(9-5-14)24-11-12-25-19-21-20-18(15-6-7-15)22(19)13-17-3-2-10-23-17/h2-5,8-10,15H,6-7,11-13H2,1H3. The van der Waals surface area contributed by atoms with Crippen molar-refractivity contribution in [3.8, 4) is 5.75 Å². The molecule has 5 nitrogen and oxygen atoms in total. The fourth-order valence-corrected chi connectivity index (χ4v) is 3.45. The molecule has 0 saturated heterocycles. The zero-order valence-electron chi connectivity index (χ0n) is 14.2. The third kappa shape index (κ3) is 4.07. The number of nitrogens with zero attached hydrogens (tertiary/aromatic N) is 3. The molecule has 0 bridgehead atoms. The topological polar surface area (TPSA) is 53.1 Å². The van der Waals surface area contributed by atoms with Gasteiger partial charge in [0.2, 0.25) is 0 Å². The largest absolute Gasteiger partial charge is 0.493 e. The minimum Gasteiger partial charge on any atom is -0.493 e. The van der Waals surface area contributed by atoms with Crippen LogP contribution in [0.1, 0.15) is 35.9 Å². The molecule has 0 N–H and O–H groups in total. The van der Waals surface area contributed by atoms with E-state index in [0.717, 1.165) is 28.2 Å². The Bertz CT molecular complexity index is 808. The van der Waals surface area contributed by atoms with Crippen LogP contribution in [-0.2, 0) is 6.54 Å². The number of thioether (sulfide) groups is 1. The van der Waals surface area contributed by atoms with Gasteiger partial charge in [-0.15, -0.1) is 10.2 Å². The van der Waals surface area contributed by atoms with Gasteiger partial charge in [-0.3, -0.25) is 4.57 Å². The van der Waals surface area contributed by atoms with Crippen molar-refractivity contribution in [2.24, 2.45) is 0 Å². The molecule has 0 radical (unpaired) electrons. The minimum absolute atomic E-state index is 0.556. The van der Waals surface area contributed by atoms with Gasteiger partial charge in [-0.25, -0.2) is 0 Å². The lowest BCUT2D eigenvalue weighted by Gasteiger charge is -2.09. The molecule has 0 aliphatic heterocycles. The van der Waals surface area contributed by atoms with Gasteiger partial charge < -0.3 is 9.15 Å². The molecule has 130 valence electrons. The first kappa shape index (κ1) is 16.3. The summed E-state index contributed by atoms with van der Waals surface area (Å²) < 4.78 is 13.5. The maximum Gasteiger partial charge on any atom is 0.191 e. The highest BCUT2D eigenvalue weighted by Crippen LogP contribution is 2.40. The Hall–Kier alpha value is -2.21. The second kappa shape index (κ2) is 7.35. The van der Waals surface area contributed by atoms with Gasteiger partial charge in [0, 0.05) is 11.7 Å². The molecule has 1 aromatic carbocycles. The quantitative estimate of drug-likeness (QED) is 0.446. The zero-order valence-corrected chi connectivity index (χ0v) is 15.0. The van der Waals surface area contributed by atoms with Gasteiger partial charge >= 0.3 is 0 Å². The summed E-state index contributed by atoms with van der Waals surface area (Å²) in [6, 6.07) is 12.0. The van der Waals surface area contributed by atoms with Gasteiger partial charge in [0.1, 0.15) is 17.3 Å². The van der Waals surface area contributed by atoms with E-state index in [1.807, 2.05) is 24.3 Å². The van der Waals surface area contributed by atoms with E-state index in [1.54, 1.807) is 18.0 Å². The third-order valence-corrected chi connectivity index (χ3v) is 5.12. The van der Waals surface area contributed by atoms with Crippen LogP contribution in [0.3, 0.4) is 0 Å². The van der Waals surface area contributed by atoms with E-state index in [4.69, 9.17) is 9.15 Å². The van der Waals surface area contributed by atoms with Crippen molar-refractivity contribution in [3.63, 3.8) is 0 Å². The van der Waals surface area contributed by atoms with Crippen molar-refractivity contribution < 1.29 is 9.15 Å². The van der Waals surface area contributed by atoms with Crippen LogP contribution in [0.2, 0.25) is 0 Å². The average Bonchev–Trinajstić information content (AvgIpc) is 3.19. The summed E-state index contributed by atoms with van der Waals surface area (Å²) in [4.78, 5) is 0. The smallest absolute Gasteiger partial charge is 0.191 e. The van der Waals surface area contributed by atoms with E-state index in [2.05, 4.69) is 33.8 Å². The SMILES string of the molecule is Cc1ccc(OCCSc2nnc(C3CC3)n2Cc2ccco2)cc1. The van der Waals surface area contributed by atoms with E-state index in [1.165, 1.54) is 18.4 Å². The fraction of sp³-hybridized carbons (Fsp3) is 0.368. The van der Waals surface area contributed by atoms with Gasteiger partial charge in [0.05, 0.1) is 19.4 Å². The Balaban J connectivity index is 1.37. The average molecular weight is 355 g/mol. The summed E-state index contributed by atoms with van der Waals surface area (Å²) in [5.74, 6) is 4.30. The summed E-state index contributed by atoms with van der Waals surface area (Å²) in [6.45, 7) is 3.40. The number of aromatic nitrogens is 3. The second-order valence-electron chi connectivity index (χ2n) is 6.29. The number of hydrogen-bond donors (Lipinski definition) is 0. The van der Waals surface area contributed by atoms with Crippen LogP contribution in [0.4, 0.5) is 0 Å². The van der Waals surface area contributed by atoms with Gasteiger partial charge in [-0.1, -0.05) is 29.5 Å². The van der Waals surface area contributed by atoms with Crippen molar-refractivity contribution in [1.29, 1.82) is 0 Å². The lowest BCUT2D eigenvalue weighted by Crippen LogP contribution is -2.07. The van der Waals surface area contributed by atoms with Crippen molar-refractivity contribution >= 4 is 11.8 Å². The lowest BCUT2D eigenvalue weighted by molar-refractivity contribution is 0.343. The monoisotopic (exact) mass is 355 g/mol. The van der Waals surface area contributed by atoms with Gasteiger partial charge in [-0.05, 0) is 44.0 Å². The number of benzene rings is 1. The molecule has 6 heteroatoms. The maximum atomic E-state index is 5.80. The van der Waals surface area contributed by atoms with Crippen molar-refractivity contribution in [2.45, 2.75) is 37.4 Å². The van der Waals surface area contributed by atoms with E-state index < -0.39 is 0 Å². The first-order valence-electron chi connectivity index (χ1n) is 8.57. The first-order valence-corrected chi connectivity index (χ1v) is 9.56.